The summed E-state index contributed by atoms with van der Waals surface area (Å²) in [4.78, 5) is 12.7. The summed E-state index contributed by atoms with van der Waals surface area (Å²) in [6, 6.07) is 17.8. The zero-order valence-electron chi connectivity index (χ0n) is 14.9. The highest BCUT2D eigenvalue weighted by Gasteiger charge is 2.38. The highest BCUT2D eigenvalue weighted by molar-refractivity contribution is 5.95. The molecule has 1 heterocycles. The van der Waals surface area contributed by atoms with Crippen molar-refractivity contribution in [1.29, 1.82) is 0 Å². The van der Waals surface area contributed by atoms with Gasteiger partial charge in [-0.1, -0.05) is 42.5 Å². The highest BCUT2D eigenvalue weighted by atomic mass is 16.5. The van der Waals surface area contributed by atoms with Gasteiger partial charge in [0.1, 0.15) is 0 Å². The summed E-state index contributed by atoms with van der Waals surface area (Å²) in [5.74, 6) is -0.0172. The van der Waals surface area contributed by atoms with E-state index in [1.54, 1.807) is 0 Å². The predicted molar refractivity (Wildman–Crippen MR) is 102 cm³/mol. The third kappa shape index (κ3) is 4.69. The van der Waals surface area contributed by atoms with Crippen LogP contribution in [0.25, 0.3) is 0 Å². The molecular weight excluding hydrogens is 328 g/mol. The SMILES string of the molecule is NCC1(C(=O)Nc2ccc(COCc3ccccc3)cc2)CCOCC1. The molecule has 0 saturated carbocycles. The number of hydrogen-bond donors (Lipinski definition) is 2. The van der Waals surface area contributed by atoms with Gasteiger partial charge in [-0.05, 0) is 36.1 Å². The zero-order valence-corrected chi connectivity index (χ0v) is 14.9. The first kappa shape index (κ1) is 18.6. The van der Waals surface area contributed by atoms with Crippen molar-refractivity contribution in [2.45, 2.75) is 26.1 Å². The third-order valence-electron chi connectivity index (χ3n) is 4.91. The van der Waals surface area contributed by atoms with Crippen LogP contribution in [0.5, 0.6) is 0 Å². The summed E-state index contributed by atoms with van der Waals surface area (Å²) >= 11 is 0. The maximum absolute atomic E-state index is 12.7. The molecule has 2 aromatic rings. The standard InChI is InChI=1S/C21H26N2O3/c22-16-21(10-12-25-13-11-21)20(24)23-19-8-6-18(7-9-19)15-26-14-17-4-2-1-3-5-17/h1-9H,10-16,22H2,(H,23,24). The second-order valence-corrected chi connectivity index (χ2v) is 6.73. The van der Waals surface area contributed by atoms with Gasteiger partial charge in [-0.2, -0.15) is 0 Å². The molecule has 0 atom stereocenters. The first-order valence-electron chi connectivity index (χ1n) is 9.02. The number of anilines is 1. The molecule has 3 rings (SSSR count). The maximum Gasteiger partial charge on any atom is 0.232 e. The van der Waals surface area contributed by atoms with Crippen LogP contribution in [0.2, 0.25) is 0 Å². The minimum Gasteiger partial charge on any atom is -0.381 e. The van der Waals surface area contributed by atoms with E-state index < -0.39 is 5.41 Å². The van der Waals surface area contributed by atoms with Crippen LogP contribution in [0.4, 0.5) is 5.69 Å². The largest absolute Gasteiger partial charge is 0.381 e. The topological polar surface area (TPSA) is 73.6 Å². The Morgan fingerprint density at radius 3 is 2.23 bits per heavy atom. The van der Waals surface area contributed by atoms with Crippen molar-refractivity contribution in [2.24, 2.45) is 11.1 Å². The zero-order chi connectivity index (χ0) is 18.2. The van der Waals surface area contributed by atoms with E-state index in [4.69, 9.17) is 15.2 Å². The summed E-state index contributed by atoms with van der Waals surface area (Å²) in [5.41, 5.74) is 8.37. The lowest BCUT2D eigenvalue weighted by molar-refractivity contribution is -0.130. The Bertz CT molecular complexity index is 695. The first-order valence-corrected chi connectivity index (χ1v) is 9.02. The van der Waals surface area contributed by atoms with E-state index in [0.29, 0.717) is 45.8 Å². The molecule has 5 nitrogen and oxygen atoms in total. The smallest absolute Gasteiger partial charge is 0.232 e. The Labute approximate surface area is 154 Å². The molecule has 1 aliphatic heterocycles. The maximum atomic E-state index is 12.7. The molecule has 5 heteroatoms. The number of carbonyl (C=O) groups excluding carboxylic acids is 1. The Hall–Kier alpha value is -2.21. The van der Waals surface area contributed by atoms with Crippen LogP contribution in [-0.4, -0.2) is 25.7 Å². The molecule has 1 saturated heterocycles. The van der Waals surface area contributed by atoms with Crippen LogP contribution in [0.3, 0.4) is 0 Å². The van der Waals surface area contributed by atoms with Crippen molar-refractivity contribution < 1.29 is 14.3 Å². The van der Waals surface area contributed by atoms with Crippen LogP contribution in [0.1, 0.15) is 24.0 Å². The van der Waals surface area contributed by atoms with Gasteiger partial charge in [0.2, 0.25) is 5.91 Å². The van der Waals surface area contributed by atoms with Crippen molar-refractivity contribution in [1.82, 2.24) is 0 Å². The van der Waals surface area contributed by atoms with Crippen LogP contribution < -0.4 is 11.1 Å². The van der Waals surface area contributed by atoms with Crippen LogP contribution in [-0.2, 0) is 27.5 Å². The van der Waals surface area contributed by atoms with Crippen LogP contribution in [0.15, 0.2) is 54.6 Å². The van der Waals surface area contributed by atoms with Gasteiger partial charge in [-0.15, -0.1) is 0 Å². The van der Waals surface area contributed by atoms with Crippen molar-refractivity contribution in [3.63, 3.8) is 0 Å². The van der Waals surface area contributed by atoms with E-state index in [1.807, 2.05) is 54.6 Å². The van der Waals surface area contributed by atoms with Crippen molar-refractivity contribution in [2.75, 3.05) is 25.1 Å². The van der Waals surface area contributed by atoms with Crippen LogP contribution in [0, 0.1) is 5.41 Å². The summed E-state index contributed by atoms with van der Waals surface area (Å²) in [6.45, 7) is 2.63. The molecular formula is C21H26N2O3. The lowest BCUT2D eigenvalue weighted by Crippen LogP contribution is -2.46. The fourth-order valence-corrected chi connectivity index (χ4v) is 3.09. The molecule has 1 aliphatic rings. The molecule has 2 aromatic carbocycles. The Balaban J connectivity index is 1.51. The summed E-state index contributed by atoms with van der Waals surface area (Å²) < 4.78 is 11.1. The fourth-order valence-electron chi connectivity index (χ4n) is 3.09. The van der Waals surface area contributed by atoms with Crippen molar-refractivity contribution >= 4 is 11.6 Å². The average Bonchev–Trinajstić information content (AvgIpc) is 2.70. The molecule has 0 spiro atoms. The molecule has 1 amide bonds. The number of hydrogen-bond acceptors (Lipinski definition) is 4. The number of amides is 1. The van der Waals surface area contributed by atoms with E-state index in [2.05, 4.69) is 5.32 Å². The van der Waals surface area contributed by atoms with Gasteiger partial charge in [-0.3, -0.25) is 4.79 Å². The summed E-state index contributed by atoms with van der Waals surface area (Å²) in [5, 5.41) is 3.00. The molecule has 3 N–H and O–H groups in total. The molecule has 0 bridgehead atoms. The van der Waals surface area contributed by atoms with Gasteiger partial charge >= 0.3 is 0 Å². The molecule has 0 unspecified atom stereocenters. The van der Waals surface area contributed by atoms with Gasteiger partial charge < -0.3 is 20.5 Å². The van der Waals surface area contributed by atoms with E-state index in [-0.39, 0.29) is 5.91 Å². The average molecular weight is 354 g/mol. The monoisotopic (exact) mass is 354 g/mol. The van der Waals surface area contributed by atoms with Gasteiger partial charge in [0.05, 0.1) is 18.6 Å². The lowest BCUT2D eigenvalue weighted by Gasteiger charge is -2.34. The Morgan fingerprint density at radius 1 is 1.00 bits per heavy atom. The van der Waals surface area contributed by atoms with E-state index in [9.17, 15) is 4.79 Å². The molecule has 138 valence electrons. The first-order chi connectivity index (χ1) is 12.7. The number of nitrogens with one attached hydrogen (secondary N) is 1. The van der Waals surface area contributed by atoms with E-state index in [1.165, 1.54) is 0 Å². The number of carbonyl (C=O) groups is 1. The molecule has 1 fully saturated rings. The second-order valence-electron chi connectivity index (χ2n) is 6.73. The lowest BCUT2D eigenvalue weighted by atomic mass is 9.79. The second kappa shape index (κ2) is 8.94. The van der Waals surface area contributed by atoms with Crippen LogP contribution >= 0.6 is 0 Å². The quantitative estimate of drug-likeness (QED) is 0.801. The number of benzene rings is 2. The fraction of sp³-hybridized carbons (Fsp3) is 0.381. The molecule has 0 aromatic heterocycles. The Morgan fingerprint density at radius 2 is 1.62 bits per heavy atom. The summed E-state index contributed by atoms with van der Waals surface area (Å²) in [7, 11) is 0. The normalized spacial score (nSPS) is 16.2. The minimum atomic E-state index is -0.518. The number of ether oxygens (including phenoxy) is 2. The number of nitrogens with two attached hydrogens (primary N) is 1. The van der Waals surface area contributed by atoms with Gasteiger partial charge in [0, 0.05) is 25.4 Å². The van der Waals surface area contributed by atoms with E-state index >= 15 is 0 Å². The highest BCUT2D eigenvalue weighted by Crippen LogP contribution is 2.31. The van der Waals surface area contributed by atoms with Crippen molar-refractivity contribution in [3.8, 4) is 0 Å². The minimum absolute atomic E-state index is 0.0172. The third-order valence-corrected chi connectivity index (χ3v) is 4.91. The molecule has 0 aliphatic carbocycles. The molecule has 26 heavy (non-hydrogen) atoms. The van der Waals surface area contributed by atoms with E-state index in [0.717, 1.165) is 16.8 Å². The number of rotatable bonds is 7. The van der Waals surface area contributed by atoms with Gasteiger partial charge in [-0.25, -0.2) is 0 Å². The Kier molecular flexibility index (Phi) is 6.39. The summed E-state index contributed by atoms with van der Waals surface area (Å²) in [6.07, 6.45) is 1.33. The molecule has 0 radical (unpaired) electrons. The van der Waals surface area contributed by atoms with Crippen molar-refractivity contribution in [3.05, 3.63) is 65.7 Å². The van der Waals surface area contributed by atoms with Gasteiger partial charge in [0.15, 0.2) is 0 Å². The predicted octanol–water partition coefficient (Wildman–Crippen LogP) is 3.10. The van der Waals surface area contributed by atoms with Gasteiger partial charge in [0.25, 0.3) is 0 Å².